The fourth-order valence-corrected chi connectivity index (χ4v) is 5.30. The highest BCUT2D eigenvalue weighted by molar-refractivity contribution is 5.15. The maximum Gasteiger partial charge on any atom is 0.0235 e. The highest BCUT2D eigenvalue weighted by Gasteiger charge is 2.25. The van der Waals surface area contributed by atoms with E-state index in [-0.39, 0.29) is 0 Å². The first kappa shape index (κ1) is 25.6. The van der Waals surface area contributed by atoms with Crippen molar-refractivity contribution in [3.63, 3.8) is 0 Å². The van der Waals surface area contributed by atoms with Gasteiger partial charge in [-0.3, -0.25) is 4.90 Å². The van der Waals surface area contributed by atoms with Gasteiger partial charge in [0.2, 0.25) is 0 Å². The Morgan fingerprint density at radius 3 is 2.28 bits per heavy atom. The number of benzene rings is 1. The van der Waals surface area contributed by atoms with Crippen molar-refractivity contribution in [3.05, 3.63) is 35.9 Å². The molecule has 1 aromatic carbocycles. The molecule has 0 bridgehead atoms. The second-order valence-electron chi connectivity index (χ2n) is 10.6. The van der Waals surface area contributed by atoms with E-state index in [4.69, 9.17) is 0 Å². The monoisotopic (exact) mass is 443 g/mol. The first-order valence-electron chi connectivity index (χ1n) is 13.1. The Morgan fingerprint density at radius 1 is 0.875 bits per heavy atom. The van der Waals surface area contributed by atoms with Gasteiger partial charge in [-0.2, -0.15) is 0 Å². The molecule has 5 nitrogen and oxygen atoms in total. The summed E-state index contributed by atoms with van der Waals surface area (Å²) in [6.45, 7) is 17.5. The van der Waals surface area contributed by atoms with E-state index < -0.39 is 0 Å². The molecule has 2 heterocycles. The number of likely N-dealkylation sites (N-methyl/N-ethyl adjacent to an activating group) is 1. The summed E-state index contributed by atoms with van der Waals surface area (Å²) in [5.74, 6) is 0.862. The molecule has 1 aromatic rings. The Hall–Kier alpha value is -0.980. The molecule has 2 fully saturated rings. The van der Waals surface area contributed by atoms with Crippen LogP contribution in [0.5, 0.6) is 0 Å². The van der Waals surface area contributed by atoms with Gasteiger partial charge in [0, 0.05) is 63.9 Å². The van der Waals surface area contributed by atoms with Crippen molar-refractivity contribution in [3.8, 4) is 0 Å². The van der Waals surface area contributed by atoms with E-state index in [1.807, 2.05) is 0 Å². The molecule has 2 unspecified atom stereocenters. The lowest BCUT2D eigenvalue weighted by Crippen LogP contribution is -2.54. The van der Waals surface area contributed by atoms with Crippen molar-refractivity contribution in [2.45, 2.75) is 64.6 Å². The van der Waals surface area contributed by atoms with E-state index in [1.165, 1.54) is 77.1 Å². The fourth-order valence-electron chi connectivity index (χ4n) is 5.30. The zero-order valence-electron chi connectivity index (χ0n) is 21.2. The van der Waals surface area contributed by atoms with Gasteiger partial charge in [0.25, 0.3) is 0 Å². The lowest BCUT2D eigenvalue weighted by molar-refractivity contribution is 0.0850. The van der Waals surface area contributed by atoms with Crippen LogP contribution in [0.15, 0.2) is 30.3 Å². The van der Waals surface area contributed by atoms with Crippen LogP contribution >= 0.6 is 0 Å². The Bertz CT molecular complexity index is 614. The number of hydrogen-bond acceptors (Lipinski definition) is 5. The molecule has 2 aliphatic heterocycles. The van der Waals surface area contributed by atoms with E-state index in [2.05, 4.69) is 83.5 Å². The molecular formula is C27H49N5. The van der Waals surface area contributed by atoms with E-state index in [0.717, 1.165) is 19.0 Å². The average molecular weight is 444 g/mol. The van der Waals surface area contributed by atoms with Crippen molar-refractivity contribution >= 4 is 0 Å². The molecule has 0 spiro atoms. The largest absolute Gasteiger partial charge is 0.313 e. The molecule has 3 rings (SSSR count). The Labute approximate surface area is 197 Å². The highest BCUT2D eigenvalue weighted by Crippen LogP contribution is 2.21. The van der Waals surface area contributed by atoms with Gasteiger partial charge in [0.1, 0.15) is 0 Å². The summed E-state index contributed by atoms with van der Waals surface area (Å²) in [4.78, 5) is 7.88. The molecule has 32 heavy (non-hydrogen) atoms. The van der Waals surface area contributed by atoms with Gasteiger partial charge in [-0.05, 0) is 64.2 Å². The molecule has 0 amide bonds. The topological polar surface area (TPSA) is 33.8 Å². The standard InChI is InChI=1S/C27H49N5/c1-23(2)28-12-17-32-19-18-30(4)27(22-32)20-24(3)29-13-16-31-14-10-26(11-15-31)21-25-8-6-5-7-9-25/h5-9,23-24,26-29H,10-22H2,1-4H3. The van der Waals surface area contributed by atoms with Crippen LogP contribution < -0.4 is 10.6 Å². The van der Waals surface area contributed by atoms with E-state index in [0.29, 0.717) is 18.1 Å². The quantitative estimate of drug-likeness (QED) is 0.519. The van der Waals surface area contributed by atoms with Gasteiger partial charge in [0.05, 0.1) is 0 Å². The predicted molar refractivity (Wildman–Crippen MR) is 137 cm³/mol. The minimum absolute atomic E-state index is 0.576. The number of rotatable bonds is 12. The Morgan fingerprint density at radius 2 is 1.56 bits per heavy atom. The SMILES string of the molecule is CC(C)NCCN1CCN(C)C(CC(C)NCCN2CCC(Cc3ccccc3)CC2)C1. The summed E-state index contributed by atoms with van der Waals surface area (Å²) in [6, 6.07) is 12.8. The van der Waals surface area contributed by atoms with E-state index in [1.54, 1.807) is 0 Å². The molecule has 2 N–H and O–H groups in total. The first-order chi connectivity index (χ1) is 15.5. The molecular weight excluding hydrogens is 394 g/mol. The number of piperidine rings is 1. The van der Waals surface area contributed by atoms with Crippen molar-refractivity contribution in [2.24, 2.45) is 5.92 Å². The third kappa shape index (κ3) is 9.11. The summed E-state index contributed by atoms with van der Waals surface area (Å²) in [5.41, 5.74) is 1.50. The summed E-state index contributed by atoms with van der Waals surface area (Å²) >= 11 is 0. The van der Waals surface area contributed by atoms with Crippen LogP contribution in [-0.4, -0.2) is 98.8 Å². The maximum atomic E-state index is 3.82. The lowest BCUT2D eigenvalue weighted by Gasteiger charge is -2.41. The summed E-state index contributed by atoms with van der Waals surface area (Å²) in [5, 5.41) is 7.38. The maximum absolute atomic E-state index is 3.82. The van der Waals surface area contributed by atoms with Crippen molar-refractivity contribution < 1.29 is 0 Å². The van der Waals surface area contributed by atoms with Gasteiger partial charge >= 0.3 is 0 Å². The van der Waals surface area contributed by atoms with Crippen molar-refractivity contribution in [1.29, 1.82) is 0 Å². The number of nitrogens with one attached hydrogen (secondary N) is 2. The smallest absolute Gasteiger partial charge is 0.0235 e. The van der Waals surface area contributed by atoms with Gasteiger partial charge in [0.15, 0.2) is 0 Å². The van der Waals surface area contributed by atoms with Crippen LogP contribution in [0.3, 0.4) is 0 Å². The van der Waals surface area contributed by atoms with Gasteiger partial charge < -0.3 is 20.4 Å². The van der Waals surface area contributed by atoms with Gasteiger partial charge in [-0.15, -0.1) is 0 Å². The highest BCUT2D eigenvalue weighted by atomic mass is 15.3. The van der Waals surface area contributed by atoms with Crippen molar-refractivity contribution in [1.82, 2.24) is 25.3 Å². The van der Waals surface area contributed by atoms with Gasteiger partial charge in [-0.1, -0.05) is 44.2 Å². The predicted octanol–water partition coefficient (Wildman–Crippen LogP) is 2.92. The zero-order valence-corrected chi connectivity index (χ0v) is 21.2. The molecule has 5 heteroatoms. The summed E-state index contributed by atoms with van der Waals surface area (Å²) in [6.07, 6.45) is 5.19. The normalized spacial score (nSPS) is 23.1. The summed E-state index contributed by atoms with van der Waals surface area (Å²) < 4.78 is 0. The average Bonchev–Trinajstić information content (AvgIpc) is 2.78. The van der Waals surface area contributed by atoms with E-state index in [9.17, 15) is 0 Å². The third-order valence-corrected chi connectivity index (χ3v) is 7.46. The van der Waals surface area contributed by atoms with Crippen LogP contribution in [0.25, 0.3) is 0 Å². The first-order valence-corrected chi connectivity index (χ1v) is 13.1. The Balaban J connectivity index is 1.28. The molecule has 0 aliphatic carbocycles. The minimum atomic E-state index is 0.576. The zero-order chi connectivity index (χ0) is 22.8. The van der Waals surface area contributed by atoms with Crippen LogP contribution in [0.1, 0.15) is 45.6 Å². The minimum Gasteiger partial charge on any atom is -0.313 e. The number of piperazine rings is 1. The van der Waals surface area contributed by atoms with E-state index >= 15 is 0 Å². The molecule has 2 aliphatic rings. The molecule has 2 atom stereocenters. The fraction of sp³-hybridized carbons (Fsp3) is 0.778. The molecule has 2 saturated heterocycles. The van der Waals surface area contributed by atoms with Crippen LogP contribution in [-0.2, 0) is 6.42 Å². The lowest BCUT2D eigenvalue weighted by atomic mass is 9.90. The summed E-state index contributed by atoms with van der Waals surface area (Å²) in [7, 11) is 2.31. The molecule has 0 aromatic heterocycles. The molecule has 182 valence electrons. The number of likely N-dealkylation sites (tertiary alicyclic amines) is 1. The third-order valence-electron chi connectivity index (χ3n) is 7.46. The Kier molecular flexibility index (Phi) is 10.9. The number of hydrogen-bond donors (Lipinski definition) is 2. The second kappa shape index (κ2) is 13.7. The molecule has 0 radical (unpaired) electrons. The van der Waals surface area contributed by atoms with Crippen molar-refractivity contribution in [2.75, 3.05) is 66.0 Å². The van der Waals surface area contributed by atoms with Gasteiger partial charge in [-0.25, -0.2) is 0 Å². The van der Waals surface area contributed by atoms with Crippen LogP contribution in [0, 0.1) is 5.92 Å². The molecule has 0 saturated carbocycles. The van der Waals surface area contributed by atoms with Crippen LogP contribution in [0.4, 0.5) is 0 Å². The van der Waals surface area contributed by atoms with Crippen LogP contribution in [0.2, 0.25) is 0 Å². The number of nitrogens with zero attached hydrogens (tertiary/aromatic N) is 3. The second-order valence-corrected chi connectivity index (χ2v) is 10.6.